The van der Waals surface area contributed by atoms with Crippen LogP contribution in [0, 0.1) is 0 Å². The topological polar surface area (TPSA) is 73.1 Å². The van der Waals surface area contributed by atoms with E-state index in [-0.39, 0.29) is 0 Å². The maximum absolute atomic E-state index is 5.51. The van der Waals surface area contributed by atoms with Crippen LogP contribution in [0.5, 0.6) is 0 Å². The second-order valence-corrected chi connectivity index (χ2v) is 3.03. The molecular formula is C8H12N4O. The Morgan fingerprint density at radius 1 is 1.54 bits per heavy atom. The van der Waals surface area contributed by atoms with Crippen molar-refractivity contribution >= 4 is 11.6 Å². The third-order valence-corrected chi connectivity index (χ3v) is 1.97. The molecule has 0 bridgehead atoms. The molecule has 3 N–H and O–H groups in total. The van der Waals surface area contributed by atoms with Crippen LogP contribution in [0.3, 0.4) is 0 Å². The first kappa shape index (κ1) is 8.25. The summed E-state index contributed by atoms with van der Waals surface area (Å²) in [5.41, 5.74) is 5.51. The number of hydrogen-bond donors (Lipinski definition) is 2. The SMILES string of the molecule is Nc1cc(NC2CCOC2)ncn1. The van der Waals surface area contributed by atoms with Gasteiger partial charge in [-0.25, -0.2) is 9.97 Å². The number of nitrogens with two attached hydrogens (primary N) is 1. The number of nitrogens with zero attached hydrogens (tertiary/aromatic N) is 2. The molecule has 1 unspecified atom stereocenters. The predicted octanol–water partition coefficient (Wildman–Crippen LogP) is 0.260. The summed E-state index contributed by atoms with van der Waals surface area (Å²) in [7, 11) is 0. The molecule has 0 spiro atoms. The molecule has 2 heterocycles. The first-order chi connectivity index (χ1) is 6.34. The molecule has 5 nitrogen and oxygen atoms in total. The van der Waals surface area contributed by atoms with Gasteiger partial charge in [0.1, 0.15) is 18.0 Å². The van der Waals surface area contributed by atoms with Gasteiger partial charge in [-0.05, 0) is 6.42 Å². The van der Waals surface area contributed by atoms with Crippen molar-refractivity contribution in [1.82, 2.24) is 9.97 Å². The van der Waals surface area contributed by atoms with Gasteiger partial charge in [-0.15, -0.1) is 0 Å². The Bertz CT molecular complexity index is 285. The van der Waals surface area contributed by atoms with Crippen LogP contribution in [-0.4, -0.2) is 29.2 Å². The summed E-state index contributed by atoms with van der Waals surface area (Å²) < 4.78 is 5.22. The molecule has 5 heteroatoms. The Balaban J connectivity index is 2.00. The van der Waals surface area contributed by atoms with Crippen molar-refractivity contribution in [3.05, 3.63) is 12.4 Å². The average Bonchev–Trinajstić information content (AvgIpc) is 2.57. The highest BCUT2D eigenvalue weighted by Crippen LogP contribution is 2.11. The van der Waals surface area contributed by atoms with Crippen molar-refractivity contribution in [2.24, 2.45) is 0 Å². The minimum atomic E-state index is 0.356. The van der Waals surface area contributed by atoms with Crippen molar-refractivity contribution < 1.29 is 4.74 Å². The Morgan fingerprint density at radius 3 is 3.15 bits per heavy atom. The molecule has 0 aromatic carbocycles. The molecule has 1 aliphatic rings. The molecule has 1 aliphatic heterocycles. The van der Waals surface area contributed by atoms with Crippen molar-refractivity contribution in [3.8, 4) is 0 Å². The number of ether oxygens (including phenoxy) is 1. The van der Waals surface area contributed by atoms with Gasteiger partial charge in [0.2, 0.25) is 0 Å². The number of nitrogen functional groups attached to an aromatic ring is 1. The van der Waals surface area contributed by atoms with Crippen molar-refractivity contribution in [2.45, 2.75) is 12.5 Å². The lowest BCUT2D eigenvalue weighted by molar-refractivity contribution is 0.195. The Labute approximate surface area is 76.3 Å². The van der Waals surface area contributed by atoms with E-state index in [1.807, 2.05) is 0 Å². The maximum atomic E-state index is 5.51. The molecule has 2 rings (SSSR count). The maximum Gasteiger partial charge on any atom is 0.131 e. The fourth-order valence-electron chi connectivity index (χ4n) is 1.31. The van der Waals surface area contributed by atoms with Crippen LogP contribution in [0.2, 0.25) is 0 Å². The fraction of sp³-hybridized carbons (Fsp3) is 0.500. The number of anilines is 2. The third kappa shape index (κ3) is 2.06. The van der Waals surface area contributed by atoms with Gasteiger partial charge in [-0.3, -0.25) is 0 Å². The van der Waals surface area contributed by atoms with Crippen LogP contribution in [-0.2, 0) is 4.74 Å². The largest absolute Gasteiger partial charge is 0.384 e. The van der Waals surface area contributed by atoms with E-state index in [0.717, 1.165) is 25.5 Å². The molecule has 0 amide bonds. The standard InChI is InChI=1S/C8H12N4O/c9-7-3-8(11-5-10-7)12-6-1-2-13-4-6/h3,5-6H,1-2,4H2,(H3,9,10,11,12). The zero-order valence-electron chi connectivity index (χ0n) is 7.23. The van der Waals surface area contributed by atoms with Crippen LogP contribution >= 0.6 is 0 Å². The summed E-state index contributed by atoms with van der Waals surface area (Å²) in [6.45, 7) is 1.56. The number of aromatic nitrogens is 2. The summed E-state index contributed by atoms with van der Waals surface area (Å²) in [6.07, 6.45) is 2.47. The third-order valence-electron chi connectivity index (χ3n) is 1.97. The van der Waals surface area contributed by atoms with Gasteiger partial charge < -0.3 is 15.8 Å². The summed E-state index contributed by atoms with van der Waals surface area (Å²) in [5.74, 6) is 1.25. The van der Waals surface area contributed by atoms with E-state index in [1.54, 1.807) is 6.07 Å². The second kappa shape index (κ2) is 3.57. The van der Waals surface area contributed by atoms with E-state index in [0.29, 0.717) is 11.9 Å². The highest BCUT2D eigenvalue weighted by atomic mass is 16.5. The average molecular weight is 180 g/mol. The minimum absolute atomic E-state index is 0.356. The number of nitrogens with one attached hydrogen (secondary N) is 1. The molecule has 1 aromatic rings. The molecular weight excluding hydrogens is 168 g/mol. The normalized spacial score (nSPS) is 21.7. The molecule has 70 valence electrons. The van der Waals surface area contributed by atoms with E-state index in [1.165, 1.54) is 6.33 Å². The fourth-order valence-corrected chi connectivity index (χ4v) is 1.31. The summed E-state index contributed by atoms with van der Waals surface area (Å²) in [6, 6.07) is 2.08. The number of hydrogen-bond acceptors (Lipinski definition) is 5. The van der Waals surface area contributed by atoms with Gasteiger partial charge in [0, 0.05) is 12.7 Å². The van der Waals surface area contributed by atoms with E-state index < -0.39 is 0 Å². The van der Waals surface area contributed by atoms with Crippen LogP contribution in [0.25, 0.3) is 0 Å². The van der Waals surface area contributed by atoms with Gasteiger partial charge in [0.05, 0.1) is 12.6 Å². The number of rotatable bonds is 2. The summed E-state index contributed by atoms with van der Waals surface area (Å²) >= 11 is 0. The molecule has 0 radical (unpaired) electrons. The van der Waals surface area contributed by atoms with Crippen molar-refractivity contribution in [3.63, 3.8) is 0 Å². The Hall–Kier alpha value is -1.36. The molecule has 1 fully saturated rings. The Morgan fingerprint density at radius 2 is 2.46 bits per heavy atom. The van der Waals surface area contributed by atoms with Crippen molar-refractivity contribution in [1.29, 1.82) is 0 Å². The first-order valence-electron chi connectivity index (χ1n) is 4.26. The molecule has 13 heavy (non-hydrogen) atoms. The lowest BCUT2D eigenvalue weighted by Crippen LogP contribution is -2.19. The summed E-state index contributed by atoms with van der Waals surface area (Å²) in [5, 5.41) is 3.23. The van der Waals surface area contributed by atoms with E-state index in [9.17, 15) is 0 Å². The zero-order valence-corrected chi connectivity index (χ0v) is 7.23. The smallest absolute Gasteiger partial charge is 0.131 e. The van der Waals surface area contributed by atoms with E-state index in [4.69, 9.17) is 10.5 Å². The lowest BCUT2D eigenvalue weighted by Gasteiger charge is -2.10. The monoisotopic (exact) mass is 180 g/mol. The van der Waals surface area contributed by atoms with E-state index in [2.05, 4.69) is 15.3 Å². The molecule has 1 aromatic heterocycles. The van der Waals surface area contributed by atoms with Gasteiger partial charge in [-0.1, -0.05) is 0 Å². The molecule has 1 saturated heterocycles. The van der Waals surface area contributed by atoms with Gasteiger partial charge in [0.15, 0.2) is 0 Å². The first-order valence-corrected chi connectivity index (χ1v) is 4.26. The molecule has 0 saturated carbocycles. The highest BCUT2D eigenvalue weighted by molar-refractivity contribution is 5.43. The van der Waals surface area contributed by atoms with Crippen LogP contribution in [0.15, 0.2) is 12.4 Å². The zero-order chi connectivity index (χ0) is 9.10. The van der Waals surface area contributed by atoms with E-state index >= 15 is 0 Å². The lowest BCUT2D eigenvalue weighted by atomic mass is 10.2. The predicted molar refractivity (Wildman–Crippen MR) is 49.3 cm³/mol. The second-order valence-electron chi connectivity index (χ2n) is 3.03. The van der Waals surface area contributed by atoms with Crippen LogP contribution < -0.4 is 11.1 Å². The van der Waals surface area contributed by atoms with Crippen molar-refractivity contribution in [2.75, 3.05) is 24.3 Å². The molecule has 1 atom stereocenters. The summed E-state index contributed by atoms with van der Waals surface area (Å²) in [4.78, 5) is 7.86. The molecule has 0 aliphatic carbocycles. The van der Waals surface area contributed by atoms with Gasteiger partial charge in [-0.2, -0.15) is 0 Å². The van der Waals surface area contributed by atoms with Crippen LogP contribution in [0.1, 0.15) is 6.42 Å². The van der Waals surface area contributed by atoms with Crippen LogP contribution in [0.4, 0.5) is 11.6 Å². The Kier molecular flexibility index (Phi) is 2.27. The minimum Gasteiger partial charge on any atom is -0.384 e. The van der Waals surface area contributed by atoms with Gasteiger partial charge in [0.25, 0.3) is 0 Å². The quantitative estimate of drug-likeness (QED) is 0.683. The highest BCUT2D eigenvalue weighted by Gasteiger charge is 2.15. The van der Waals surface area contributed by atoms with Gasteiger partial charge >= 0.3 is 0 Å².